The monoisotopic (exact) mass is 267 g/mol. The van der Waals surface area contributed by atoms with E-state index in [1.54, 1.807) is 0 Å². The van der Waals surface area contributed by atoms with Crippen LogP contribution in [0.3, 0.4) is 0 Å². The van der Waals surface area contributed by atoms with Crippen molar-refractivity contribution in [3.63, 3.8) is 0 Å². The highest BCUT2D eigenvalue weighted by molar-refractivity contribution is 4.96. The van der Waals surface area contributed by atoms with Crippen LogP contribution in [0.25, 0.3) is 0 Å². The van der Waals surface area contributed by atoms with E-state index in [4.69, 9.17) is 4.74 Å². The highest BCUT2D eigenvalue weighted by Crippen LogP contribution is 2.55. The van der Waals surface area contributed by atoms with Crippen molar-refractivity contribution in [3.8, 4) is 0 Å². The molecule has 2 aliphatic rings. The summed E-state index contributed by atoms with van der Waals surface area (Å²) in [5.41, 5.74) is 1.02. The Bertz CT molecular complexity index is 286. The lowest BCUT2D eigenvalue weighted by Crippen LogP contribution is -2.38. The lowest BCUT2D eigenvalue weighted by Gasteiger charge is -2.32. The molecule has 2 fully saturated rings. The minimum absolute atomic E-state index is 0.503. The summed E-state index contributed by atoms with van der Waals surface area (Å²) in [6.07, 6.45) is 4.21. The molecular weight excluding hydrogens is 234 g/mol. The van der Waals surface area contributed by atoms with E-state index >= 15 is 0 Å². The molecule has 1 saturated carbocycles. The fourth-order valence-corrected chi connectivity index (χ4v) is 3.63. The first kappa shape index (κ1) is 15.3. The summed E-state index contributed by atoms with van der Waals surface area (Å²) in [4.78, 5) is 2.57. The van der Waals surface area contributed by atoms with E-state index in [0.717, 1.165) is 38.1 Å². The van der Waals surface area contributed by atoms with Crippen molar-refractivity contribution in [2.24, 2.45) is 22.7 Å². The summed E-state index contributed by atoms with van der Waals surface area (Å²) in [7, 11) is 0. The Morgan fingerprint density at radius 2 is 1.68 bits per heavy atom. The summed E-state index contributed by atoms with van der Waals surface area (Å²) in [6.45, 7) is 17.5. The molecule has 2 rings (SSSR count). The summed E-state index contributed by atoms with van der Waals surface area (Å²) >= 11 is 0. The Labute approximate surface area is 119 Å². The quantitative estimate of drug-likeness (QED) is 0.751. The molecule has 0 bridgehead atoms. The van der Waals surface area contributed by atoms with Crippen LogP contribution in [0.2, 0.25) is 0 Å². The average molecular weight is 267 g/mol. The van der Waals surface area contributed by atoms with Crippen molar-refractivity contribution in [3.05, 3.63) is 0 Å². The topological polar surface area (TPSA) is 12.5 Å². The number of morpholine rings is 1. The predicted molar refractivity (Wildman–Crippen MR) is 81.3 cm³/mol. The van der Waals surface area contributed by atoms with Gasteiger partial charge >= 0.3 is 0 Å². The van der Waals surface area contributed by atoms with Gasteiger partial charge in [0.25, 0.3) is 0 Å². The molecule has 2 heteroatoms. The zero-order chi connectivity index (χ0) is 14.1. The Balaban J connectivity index is 1.70. The average Bonchev–Trinajstić information content (AvgIpc) is 3.06. The largest absolute Gasteiger partial charge is 0.379 e. The van der Waals surface area contributed by atoms with Crippen molar-refractivity contribution in [2.45, 2.75) is 53.9 Å². The predicted octanol–water partition coefficient (Wildman–Crippen LogP) is 3.81. The molecule has 0 aromatic rings. The molecule has 0 spiro atoms. The van der Waals surface area contributed by atoms with Gasteiger partial charge in [0.15, 0.2) is 0 Å². The minimum Gasteiger partial charge on any atom is -0.379 e. The maximum absolute atomic E-state index is 5.42. The van der Waals surface area contributed by atoms with Crippen molar-refractivity contribution in [1.29, 1.82) is 0 Å². The number of nitrogens with zero attached hydrogens (tertiary/aromatic N) is 1. The highest BCUT2D eigenvalue weighted by Gasteiger charge is 2.46. The second kappa shape index (κ2) is 5.73. The van der Waals surface area contributed by atoms with Gasteiger partial charge in [-0.3, -0.25) is 4.90 Å². The third kappa shape index (κ3) is 4.75. The van der Waals surface area contributed by atoms with Gasteiger partial charge in [-0.25, -0.2) is 0 Å². The molecule has 19 heavy (non-hydrogen) atoms. The minimum atomic E-state index is 0.503. The Kier molecular flexibility index (Phi) is 4.62. The molecule has 2 nitrogen and oxygen atoms in total. The fourth-order valence-electron chi connectivity index (χ4n) is 3.63. The Hall–Kier alpha value is -0.0800. The number of rotatable bonds is 5. The van der Waals surface area contributed by atoms with Crippen LogP contribution in [0.5, 0.6) is 0 Å². The van der Waals surface area contributed by atoms with Gasteiger partial charge in [0.2, 0.25) is 0 Å². The van der Waals surface area contributed by atoms with Crippen molar-refractivity contribution < 1.29 is 4.74 Å². The third-order valence-corrected chi connectivity index (χ3v) is 5.06. The van der Waals surface area contributed by atoms with Gasteiger partial charge in [-0.1, -0.05) is 34.6 Å². The molecule has 1 aliphatic carbocycles. The maximum Gasteiger partial charge on any atom is 0.0594 e. The van der Waals surface area contributed by atoms with Gasteiger partial charge in [-0.15, -0.1) is 0 Å². The Morgan fingerprint density at radius 1 is 1.05 bits per heavy atom. The van der Waals surface area contributed by atoms with Crippen LogP contribution < -0.4 is 0 Å². The van der Waals surface area contributed by atoms with Crippen molar-refractivity contribution >= 4 is 0 Å². The molecule has 0 aromatic carbocycles. The molecule has 112 valence electrons. The van der Waals surface area contributed by atoms with Crippen molar-refractivity contribution in [2.75, 3.05) is 32.8 Å². The summed E-state index contributed by atoms with van der Waals surface area (Å²) < 4.78 is 5.42. The van der Waals surface area contributed by atoms with Crippen LogP contribution in [0, 0.1) is 22.7 Å². The maximum atomic E-state index is 5.42. The molecule has 1 heterocycles. The molecule has 0 amide bonds. The lowest BCUT2D eigenvalue weighted by atomic mass is 9.80. The molecular formula is C17H33NO. The molecule has 1 aliphatic heterocycles. The van der Waals surface area contributed by atoms with E-state index in [0.29, 0.717) is 10.8 Å². The third-order valence-electron chi connectivity index (χ3n) is 5.06. The second-order valence-electron chi connectivity index (χ2n) is 8.54. The Morgan fingerprint density at radius 3 is 2.21 bits per heavy atom. The summed E-state index contributed by atoms with van der Waals surface area (Å²) in [6, 6.07) is 0. The van der Waals surface area contributed by atoms with Crippen LogP contribution >= 0.6 is 0 Å². The molecule has 1 saturated heterocycles. The number of hydrogen-bond donors (Lipinski definition) is 0. The van der Waals surface area contributed by atoms with Gasteiger partial charge in [0, 0.05) is 13.1 Å². The molecule has 0 aromatic heterocycles. The first-order chi connectivity index (χ1) is 8.78. The van der Waals surface area contributed by atoms with Crippen LogP contribution in [0.4, 0.5) is 0 Å². The standard InChI is InChI=1S/C17H33NO/c1-16(2,3)15-12-14(15)13-17(4,5)6-7-18-8-10-19-11-9-18/h14-15H,6-13H2,1-5H3. The summed E-state index contributed by atoms with van der Waals surface area (Å²) in [5, 5.41) is 0. The zero-order valence-electron chi connectivity index (χ0n) is 13.7. The normalized spacial score (nSPS) is 29.5. The van der Waals surface area contributed by atoms with E-state index in [1.807, 2.05) is 0 Å². The van der Waals surface area contributed by atoms with E-state index < -0.39 is 0 Å². The SMILES string of the molecule is CC(C)(CCN1CCOCC1)CC1CC1C(C)(C)C. The van der Waals surface area contributed by atoms with Gasteiger partial charge < -0.3 is 4.74 Å². The van der Waals surface area contributed by atoms with E-state index in [-0.39, 0.29) is 0 Å². The van der Waals surface area contributed by atoms with Crippen LogP contribution in [0.1, 0.15) is 53.9 Å². The van der Waals surface area contributed by atoms with Crippen molar-refractivity contribution in [1.82, 2.24) is 4.90 Å². The molecule has 0 N–H and O–H groups in total. The second-order valence-corrected chi connectivity index (χ2v) is 8.54. The molecule has 2 atom stereocenters. The van der Waals surface area contributed by atoms with Gasteiger partial charge in [-0.05, 0) is 48.5 Å². The number of ether oxygens (including phenoxy) is 1. The number of hydrogen-bond acceptors (Lipinski definition) is 2. The van der Waals surface area contributed by atoms with Gasteiger partial charge in [0.1, 0.15) is 0 Å². The lowest BCUT2D eigenvalue weighted by molar-refractivity contribution is 0.0318. The first-order valence-corrected chi connectivity index (χ1v) is 8.08. The highest BCUT2D eigenvalue weighted by atomic mass is 16.5. The van der Waals surface area contributed by atoms with E-state index in [2.05, 4.69) is 39.5 Å². The van der Waals surface area contributed by atoms with Crippen LogP contribution in [-0.4, -0.2) is 37.7 Å². The van der Waals surface area contributed by atoms with Crippen LogP contribution in [-0.2, 0) is 4.74 Å². The van der Waals surface area contributed by atoms with E-state index in [1.165, 1.54) is 25.8 Å². The molecule has 2 unspecified atom stereocenters. The van der Waals surface area contributed by atoms with Crippen LogP contribution in [0.15, 0.2) is 0 Å². The zero-order valence-corrected chi connectivity index (χ0v) is 13.7. The fraction of sp³-hybridized carbons (Fsp3) is 1.00. The van der Waals surface area contributed by atoms with Gasteiger partial charge in [0.05, 0.1) is 13.2 Å². The van der Waals surface area contributed by atoms with E-state index in [9.17, 15) is 0 Å². The van der Waals surface area contributed by atoms with Gasteiger partial charge in [-0.2, -0.15) is 0 Å². The molecule has 0 radical (unpaired) electrons. The first-order valence-electron chi connectivity index (χ1n) is 8.08. The summed E-state index contributed by atoms with van der Waals surface area (Å²) in [5.74, 6) is 1.95. The smallest absolute Gasteiger partial charge is 0.0594 e.